The minimum Gasteiger partial charge on any atom is -0.327 e. The van der Waals surface area contributed by atoms with Crippen molar-refractivity contribution in [2.24, 2.45) is 11.7 Å². The molecule has 1 aromatic heterocycles. The van der Waals surface area contributed by atoms with Crippen molar-refractivity contribution in [1.82, 2.24) is 4.98 Å². The van der Waals surface area contributed by atoms with Crippen LogP contribution in [0.15, 0.2) is 26.8 Å². The van der Waals surface area contributed by atoms with E-state index >= 15 is 0 Å². The Labute approximate surface area is 125 Å². The van der Waals surface area contributed by atoms with E-state index in [-0.39, 0.29) is 0 Å². The molecule has 98 valence electrons. The first-order chi connectivity index (χ1) is 8.70. The quantitative estimate of drug-likeness (QED) is 0.845. The third-order valence-electron chi connectivity index (χ3n) is 3.52. The average molecular weight is 374 g/mol. The predicted molar refractivity (Wildman–Crippen MR) is 83.2 cm³/mol. The zero-order valence-corrected chi connectivity index (χ0v) is 13.5. The summed E-state index contributed by atoms with van der Waals surface area (Å²) < 4.78 is 2.00. The Morgan fingerprint density at radius 3 is 2.67 bits per heavy atom. The van der Waals surface area contributed by atoms with Crippen LogP contribution in [0.2, 0.25) is 0 Å². The number of rotatable bonds is 3. The van der Waals surface area contributed by atoms with E-state index in [0.717, 1.165) is 14.6 Å². The molecule has 2 nitrogen and oxygen atoms in total. The molecular weight excluding hydrogens is 356 g/mol. The van der Waals surface area contributed by atoms with Gasteiger partial charge in [-0.05, 0) is 62.8 Å². The van der Waals surface area contributed by atoms with Crippen LogP contribution in [0.1, 0.15) is 37.8 Å². The maximum absolute atomic E-state index is 5.91. The van der Waals surface area contributed by atoms with Gasteiger partial charge in [-0.3, -0.25) is 4.98 Å². The van der Waals surface area contributed by atoms with Gasteiger partial charge in [0.25, 0.3) is 0 Å². The van der Waals surface area contributed by atoms with Gasteiger partial charge in [-0.25, -0.2) is 0 Å². The lowest BCUT2D eigenvalue weighted by Gasteiger charge is -2.23. The molecule has 4 heteroatoms. The second-order valence-corrected chi connectivity index (χ2v) is 6.55. The fraction of sp³-hybridized carbons (Fsp3) is 0.500. The number of hydrogen-bond acceptors (Lipinski definition) is 2. The zero-order valence-electron chi connectivity index (χ0n) is 10.3. The van der Waals surface area contributed by atoms with Gasteiger partial charge in [0.15, 0.2) is 0 Å². The van der Waals surface area contributed by atoms with Gasteiger partial charge in [0.2, 0.25) is 0 Å². The fourth-order valence-corrected chi connectivity index (χ4v) is 3.63. The van der Waals surface area contributed by atoms with Crippen molar-refractivity contribution in [1.29, 1.82) is 0 Å². The summed E-state index contributed by atoms with van der Waals surface area (Å²) in [5, 5.41) is 0. The van der Waals surface area contributed by atoms with Crippen molar-refractivity contribution in [3.05, 3.63) is 32.5 Å². The highest BCUT2D eigenvalue weighted by atomic mass is 79.9. The lowest BCUT2D eigenvalue weighted by molar-refractivity contribution is 0.401. The maximum Gasteiger partial charge on any atom is 0.0772 e. The zero-order chi connectivity index (χ0) is 13.0. The lowest BCUT2D eigenvalue weighted by atomic mass is 9.83. The number of halogens is 2. The van der Waals surface area contributed by atoms with E-state index in [1.807, 2.05) is 12.3 Å². The first kappa shape index (κ1) is 14.2. The Bertz CT molecular complexity index is 437. The van der Waals surface area contributed by atoms with E-state index in [4.69, 9.17) is 5.73 Å². The first-order valence-electron chi connectivity index (χ1n) is 6.42. The monoisotopic (exact) mass is 372 g/mol. The summed E-state index contributed by atoms with van der Waals surface area (Å²) in [4.78, 5) is 4.43. The van der Waals surface area contributed by atoms with E-state index in [0.29, 0.717) is 12.5 Å². The van der Waals surface area contributed by atoms with Crippen LogP contribution >= 0.6 is 31.9 Å². The summed E-state index contributed by atoms with van der Waals surface area (Å²) in [7, 11) is 0. The van der Waals surface area contributed by atoms with Gasteiger partial charge in [-0.2, -0.15) is 0 Å². The number of pyridine rings is 1. The molecule has 2 rings (SSSR count). The highest BCUT2D eigenvalue weighted by molar-refractivity contribution is 9.11. The van der Waals surface area contributed by atoms with Crippen molar-refractivity contribution in [3.63, 3.8) is 0 Å². The molecule has 0 aromatic carbocycles. The van der Waals surface area contributed by atoms with E-state index < -0.39 is 0 Å². The largest absolute Gasteiger partial charge is 0.327 e. The van der Waals surface area contributed by atoms with Crippen molar-refractivity contribution in [2.45, 2.75) is 32.1 Å². The first-order valence-corrected chi connectivity index (χ1v) is 8.01. The summed E-state index contributed by atoms with van der Waals surface area (Å²) in [5.41, 5.74) is 8.23. The summed E-state index contributed by atoms with van der Waals surface area (Å²) in [6.45, 7) is 0.634. The molecule has 2 N–H and O–H groups in total. The van der Waals surface area contributed by atoms with Crippen LogP contribution in [0.4, 0.5) is 0 Å². The van der Waals surface area contributed by atoms with E-state index in [9.17, 15) is 0 Å². The second-order valence-electron chi connectivity index (χ2n) is 4.78. The fourth-order valence-electron chi connectivity index (χ4n) is 2.52. The molecule has 1 heterocycles. The van der Waals surface area contributed by atoms with Crippen LogP contribution < -0.4 is 5.73 Å². The standard InChI is InChI=1S/C14H18Br2N2/c15-12-7-13(16)14(18-9-12)6-11(8-17)10-4-2-1-3-5-10/h6-7,9-10H,1-5,8,17H2. The van der Waals surface area contributed by atoms with Crippen LogP contribution in [0, 0.1) is 5.92 Å². The second kappa shape index (κ2) is 6.83. The molecule has 0 saturated heterocycles. The van der Waals surface area contributed by atoms with Gasteiger partial charge in [-0.1, -0.05) is 24.8 Å². The Hall–Kier alpha value is -0.190. The van der Waals surface area contributed by atoms with E-state index in [2.05, 4.69) is 42.9 Å². The molecular formula is C14H18Br2N2. The van der Waals surface area contributed by atoms with E-state index in [1.165, 1.54) is 37.7 Å². The summed E-state index contributed by atoms with van der Waals surface area (Å²) >= 11 is 6.97. The summed E-state index contributed by atoms with van der Waals surface area (Å²) in [6, 6.07) is 2.02. The van der Waals surface area contributed by atoms with Crippen LogP contribution in [0.3, 0.4) is 0 Å². The SMILES string of the molecule is NCC(=Cc1ncc(Br)cc1Br)C1CCCCC1. The number of nitrogens with zero attached hydrogens (tertiary/aromatic N) is 1. The minimum atomic E-state index is 0.634. The summed E-state index contributed by atoms with van der Waals surface area (Å²) in [5.74, 6) is 0.654. The van der Waals surface area contributed by atoms with Gasteiger partial charge >= 0.3 is 0 Å². The highest BCUT2D eigenvalue weighted by Gasteiger charge is 2.17. The van der Waals surface area contributed by atoms with Crippen molar-refractivity contribution >= 4 is 37.9 Å². The topological polar surface area (TPSA) is 38.9 Å². The maximum atomic E-state index is 5.91. The van der Waals surface area contributed by atoms with Gasteiger partial charge < -0.3 is 5.73 Å². The van der Waals surface area contributed by atoms with Gasteiger partial charge in [0.05, 0.1) is 5.69 Å². The lowest BCUT2D eigenvalue weighted by Crippen LogP contribution is -2.16. The molecule has 0 aliphatic heterocycles. The molecule has 0 amide bonds. The highest BCUT2D eigenvalue weighted by Crippen LogP contribution is 2.31. The molecule has 0 unspecified atom stereocenters. The molecule has 1 fully saturated rings. The molecule has 0 radical (unpaired) electrons. The van der Waals surface area contributed by atoms with Crippen molar-refractivity contribution in [3.8, 4) is 0 Å². The molecule has 0 atom stereocenters. The van der Waals surface area contributed by atoms with Gasteiger partial charge in [0, 0.05) is 21.7 Å². The molecule has 1 aliphatic rings. The molecule has 0 bridgehead atoms. The van der Waals surface area contributed by atoms with E-state index in [1.54, 1.807) is 0 Å². The Morgan fingerprint density at radius 1 is 1.33 bits per heavy atom. The number of nitrogens with two attached hydrogens (primary N) is 1. The van der Waals surface area contributed by atoms with Crippen molar-refractivity contribution < 1.29 is 0 Å². The number of hydrogen-bond donors (Lipinski definition) is 1. The van der Waals surface area contributed by atoms with Gasteiger partial charge in [0.1, 0.15) is 0 Å². The molecule has 1 aliphatic carbocycles. The van der Waals surface area contributed by atoms with Crippen LogP contribution in [-0.4, -0.2) is 11.5 Å². The Kier molecular flexibility index (Phi) is 5.39. The van der Waals surface area contributed by atoms with Gasteiger partial charge in [-0.15, -0.1) is 0 Å². The normalized spacial score (nSPS) is 18.1. The summed E-state index contributed by atoms with van der Waals surface area (Å²) in [6.07, 6.45) is 10.6. The van der Waals surface area contributed by atoms with Crippen molar-refractivity contribution in [2.75, 3.05) is 6.54 Å². The minimum absolute atomic E-state index is 0.634. The van der Waals surface area contributed by atoms with Crippen LogP contribution in [-0.2, 0) is 0 Å². The number of aromatic nitrogens is 1. The third-order valence-corrected chi connectivity index (χ3v) is 4.59. The molecule has 18 heavy (non-hydrogen) atoms. The average Bonchev–Trinajstić information content (AvgIpc) is 2.39. The smallest absolute Gasteiger partial charge is 0.0772 e. The van der Waals surface area contributed by atoms with Crippen LogP contribution in [0.25, 0.3) is 6.08 Å². The predicted octanol–water partition coefficient (Wildman–Crippen LogP) is 4.53. The molecule has 1 aromatic rings. The molecule has 1 saturated carbocycles. The Balaban J connectivity index is 2.22. The molecule has 0 spiro atoms. The Morgan fingerprint density at radius 2 is 2.06 bits per heavy atom. The van der Waals surface area contributed by atoms with Crippen LogP contribution in [0.5, 0.6) is 0 Å². The third kappa shape index (κ3) is 3.65.